The molecule has 4 nitrogen and oxygen atoms in total. The van der Waals surface area contributed by atoms with Gasteiger partial charge in [0.25, 0.3) is 0 Å². The molecule has 110 valence electrons. The van der Waals surface area contributed by atoms with Crippen molar-refractivity contribution in [1.29, 1.82) is 0 Å². The Hall–Kier alpha value is -1.71. The van der Waals surface area contributed by atoms with Crippen LogP contribution in [0.2, 0.25) is 0 Å². The van der Waals surface area contributed by atoms with E-state index in [1.807, 2.05) is 6.07 Å². The van der Waals surface area contributed by atoms with Crippen molar-refractivity contribution in [2.24, 2.45) is 5.92 Å². The van der Waals surface area contributed by atoms with Gasteiger partial charge in [0.1, 0.15) is 0 Å². The number of aliphatic carboxylic acids is 1. The Balaban J connectivity index is 2.22. The summed E-state index contributed by atoms with van der Waals surface area (Å²) in [7, 11) is 3.14. The second-order valence-electron chi connectivity index (χ2n) is 5.39. The van der Waals surface area contributed by atoms with Crippen molar-refractivity contribution in [3.63, 3.8) is 0 Å². The minimum absolute atomic E-state index is 0.460. The highest BCUT2D eigenvalue weighted by Gasteiger charge is 2.27. The van der Waals surface area contributed by atoms with Crippen molar-refractivity contribution in [2.45, 2.75) is 38.0 Å². The van der Waals surface area contributed by atoms with Crippen molar-refractivity contribution < 1.29 is 19.4 Å². The van der Waals surface area contributed by atoms with Crippen LogP contribution in [-0.4, -0.2) is 25.3 Å². The van der Waals surface area contributed by atoms with Crippen LogP contribution in [0.3, 0.4) is 0 Å². The van der Waals surface area contributed by atoms with E-state index in [0.29, 0.717) is 23.8 Å². The Kier molecular flexibility index (Phi) is 4.88. The fourth-order valence-electron chi connectivity index (χ4n) is 3.03. The van der Waals surface area contributed by atoms with E-state index in [1.165, 1.54) is 12.8 Å². The second-order valence-corrected chi connectivity index (χ2v) is 5.39. The van der Waals surface area contributed by atoms with Gasteiger partial charge in [-0.3, -0.25) is 4.79 Å². The fourth-order valence-corrected chi connectivity index (χ4v) is 3.03. The quantitative estimate of drug-likeness (QED) is 0.866. The first-order valence-electron chi connectivity index (χ1n) is 7.10. The maximum Gasteiger partial charge on any atom is 0.310 e. The number of benzene rings is 1. The molecule has 0 saturated heterocycles. The maximum absolute atomic E-state index is 11.6. The lowest BCUT2D eigenvalue weighted by molar-refractivity contribution is -0.139. The summed E-state index contributed by atoms with van der Waals surface area (Å²) in [6.45, 7) is 0. The largest absolute Gasteiger partial charge is 0.493 e. The predicted molar refractivity (Wildman–Crippen MR) is 76.5 cm³/mol. The molecule has 0 spiro atoms. The molecular weight excluding hydrogens is 256 g/mol. The molecule has 1 aliphatic carbocycles. The highest BCUT2D eigenvalue weighted by atomic mass is 16.5. The summed E-state index contributed by atoms with van der Waals surface area (Å²) in [5.41, 5.74) is 0.794. The summed E-state index contributed by atoms with van der Waals surface area (Å²) in [6, 6.07) is 5.39. The number of rotatable bonds is 6. The molecule has 0 aromatic heterocycles. The van der Waals surface area contributed by atoms with Gasteiger partial charge in [-0.05, 0) is 30.0 Å². The van der Waals surface area contributed by atoms with Crippen LogP contribution in [0.25, 0.3) is 0 Å². The van der Waals surface area contributed by atoms with Crippen LogP contribution in [0.15, 0.2) is 18.2 Å². The molecule has 2 rings (SSSR count). The molecule has 0 bridgehead atoms. The van der Waals surface area contributed by atoms with Gasteiger partial charge in [0.15, 0.2) is 11.5 Å². The van der Waals surface area contributed by atoms with E-state index in [-0.39, 0.29) is 0 Å². The standard InChI is InChI=1S/C16H22O4/c1-19-14-8-7-12(10-15(14)20-2)13(16(17)18)9-11-5-3-4-6-11/h7-8,10-11,13H,3-6,9H2,1-2H3,(H,17,18). The van der Waals surface area contributed by atoms with E-state index in [2.05, 4.69) is 0 Å². The molecule has 1 fully saturated rings. The summed E-state index contributed by atoms with van der Waals surface area (Å²) < 4.78 is 10.5. The zero-order valence-electron chi connectivity index (χ0n) is 12.1. The summed E-state index contributed by atoms with van der Waals surface area (Å²) in [4.78, 5) is 11.6. The number of carboxylic acid groups (broad SMARTS) is 1. The normalized spacial score (nSPS) is 16.9. The van der Waals surface area contributed by atoms with E-state index < -0.39 is 11.9 Å². The minimum atomic E-state index is -0.760. The average molecular weight is 278 g/mol. The van der Waals surface area contributed by atoms with Crippen LogP contribution >= 0.6 is 0 Å². The van der Waals surface area contributed by atoms with E-state index in [0.717, 1.165) is 18.4 Å². The van der Waals surface area contributed by atoms with Gasteiger partial charge in [0.05, 0.1) is 20.1 Å². The zero-order chi connectivity index (χ0) is 14.5. The predicted octanol–water partition coefficient (Wildman–Crippen LogP) is 3.45. The molecule has 20 heavy (non-hydrogen) atoms. The topological polar surface area (TPSA) is 55.8 Å². The molecule has 1 N–H and O–H groups in total. The van der Waals surface area contributed by atoms with Gasteiger partial charge in [-0.2, -0.15) is 0 Å². The molecule has 1 unspecified atom stereocenters. The van der Waals surface area contributed by atoms with Crippen LogP contribution < -0.4 is 9.47 Å². The van der Waals surface area contributed by atoms with Crippen molar-refractivity contribution in [1.82, 2.24) is 0 Å². The second kappa shape index (κ2) is 6.64. The van der Waals surface area contributed by atoms with Gasteiger partial charge in [0, 0.05) is 0 Å². The van der Waals surface area contributed by atoms with Crippen molar-refractivity contribution in [3.8, 4) is 11.5 Å². The number of ether oxygens (including phenoxy) is 2. The third-order valence-electron chi connectivity index (χ3n) is 4.15. The molecule has 1 aromatic rings. The molecular formula is C16H22O4. The lowest BCUT2D eigenvalue weighted by Gasteiger charge is -2.18. The number of hydrogen-bond acceptors (Lipinski definition) is 3. The third kappa shape index (κ3) is 3.24. The van der Waals surface area contributed by atoms with Gasteiger partial charge in [-0.25, -0.2) is 0 Å². The van der Waals surface area contributed by atoms with E-state index >= 15 is 0 Å². The molecule has 0 aliphatic heterocycles. The molecule has 1 aliphatic rings. The Morgan fingerprint density at radius 3 is 2.45 bits per heavy atom. The lowest BCUT2D eigenvalue weighted by atomic mass is 9.88. The average Bonchev–Trinajstić information content (AvgIpc) is 2.96. The lowest BCUT2D eigenvalue weighted by Crippen LogP contribution is -2.15. The van der Waals surface area contributed by atoms with Crippen LogP contribution in [0.4, 0.5) is 0 Å². The number of hydrogen-bond donors (Lipinski definition) is 1. The summed E-state index contributed by atoms with van der Waals surface area (Å²) in [6.07, 6.45) is 5.46. The molecule has 4 heteroatoms. The van der Waals surface area contributed by atoms with Crippen LogP contribution in [0.5, 0.6) is 11.5 Å². The van der Waals surface area contributed by atoms with Gasteiger partial charge >= 0.3 is 5.97 Å². The molecule has 1 atom stereocenters. The first-order valence-corrected chi connectivity index (χ1v) is 7.10. The molecule has 0 amide bonds. The summed E-state index contributed by atoms with van der Waals surface area (Å²) in [5.74, 6) is 0.523. The van der Waals surface area contributed by atoms with Crippen molar-refractivity contribution in [3.05, 3.63) is 23.8 Å². The van der Waals surface area contributed by atoms with Crippen LogP contribution in [0, 0.1) is 5.92 Å². The fraction of sp³-hybridized carbons (Fsp3) is 0.562. The maximum atomic E-state index is 11.6. The van der Waals surface area contributed by atoms with Crippen LogP contribution in [-0.2, 0) is 4.79 Å². The summed E-state index contributed by atoms with van der Waals surface area (Å²) in [5, 5.41) is 9.51. The number of carboxylic acids is 1. The zero-order valence-corrected chi connectivity index (χ0v) is 12.1. The Labute approximate surface area is 119 Å². The Morgan fingerprint density at radius 2 is 1.90 bits per heavy atom. The first kappa shape index (κ1) is 14.7. The smallest absolute Gasteiger partial charge is 0.310 e. The number of carbonyl (C=O) groups is 1. The van der Waals surface area contributed by atoms with Gasteiger partial charge in [-0.15, -0.1) is 0 Å². The molecule has 1 saturated carbocycles. The van der Waals surface area contributed by atoms with Gasteiger partial charge < -0.3 is 14.6 Å². The number of methoxy groups -OCH3 is 2. The highest BCUT2D eigenvalue weighted by molar-refractivity contribution is 5.76. The van der Waals surface area contributed by atoms with Crippen molar-refractivity contribution in [2.75, 3.05) is 14.2 Å². The molecule has 0 heterocycles. The van der Waals surface area contributed by atoms with E-state index in [4.69, 9.17) is 9.47 Å². The Bertz CT molecular complexity index is 464. The summed E-state index contributed by atoms with van der Waals surface area (Å²) >= 11 is 0. The molecule has 1 aromatic carbocycles. The van der Waals surface area contributed by atoms with Gasteiger partial charge in [0.2, 0.25) is 0 Å². The van der Waals surface area contributed by atoms with Crippen LogP contribution in [0.1, 0.15) is 43.6 Å². The van der Waals surface area contributed by atoms with E-state index in [9.17, 15) is 9.90 Å². The van der Waals surface area contributed by atoms with E-state index in [1.54, 1.807) is 26.4 Å². The third-order valence-corrected chi connectivity index (χ3v) is 4.15. The monoisotopic (exact) mass is 278 g/mol. The Morgan fingerprint density at radius 1 is 1.25 bits per heavy atom. The highest BCUT2D eigenvalue weighted by Crippen LogP contribution is 2.37. The minimum Gasteiger partial charge on any atom is -0.493 e. The molecule has 0 radical (unpaired) electrons. The van der Waals surface area contributed by atoms with Crippen molar-refractivity contribution >= 4 is 5.97 Å². The SMILES string of the molecule is COc1ccc(C(CC2CCCC2)C(=O)O)cc1OC. The first-order chi connectivity index (χ1) is 9.65. The van der Waals surface area contributed by atoms with Gasteiger partial charge in [-0.1, -0.05) is 31.7 Å².